The number of nitro benzene ring substituents is 1. The molecule has 0 saturated carbocycles. The lowest BCUT2D eigenvalue weighted by Crippen LogP contribution is -2.48. The summed E-state index contributed by atoms with van der Waals surface area (Å²) in [4.78, 5) is 35.4. The Hall–Kier alpha value is -2.26. The Morgan fingerprint density at radius 1 is 1.07 bits per heavy atom. The third-order valence-electron chi connectivity index (χ3n) is 3.92. The van der Waals surface area contributed by atoms with Crippen LogP contribution in [0.3, 0.4) is 0 Å². The summed E-state index contributed by atoms with van der Waals surface area (Å²) in [5.74, 6) is -2.17. The molecule has 0 unspecified atom stereocenters. The van der Waals surface area contributed by atoms with Crippen molar-refractivity contribution in [1.82, 2.24) is 9.06 Å². The van der Waals surface area contributed by atoms with E-state index in [1.807, 2.05) is 0 Å². The van der Waals surface area contributed by atoms with E-state index in [1.54, 1.807) is 0 Å². The van der Waals surface area contributed by atoms with Gasteiger partial charge < -0.3 is 0 Å². The molecule has 0 bridgehead atoms. The zero-order valence-corrected chi connectivity index (χ0v) is 17.7. The highest BCUT2D eigenvalue weighted by Gasteiger charge is 2.37. The van der Waals surface area contributed by atoms with Gasteiger partial charge in [0.25, 0.3) is 11.6 Å². The molecule has 0 atom stereocenters. The van der Waals surface area contributed by atoms with Gasteiger partial charge in [0.05, 0.1) is 16.0 Å². The molecule has 0 N–H and O–H groups in total. The van der Waals surface area contributed by atoms with E-state index in [4.69, 9.17) is 23.6 Å². The van der Waals surface area contributed by atoms with Gasteiger partial charge >= 0.3 is 0 Å². The molecule has 0 heterocycles. The number of carbonyl (C=O) groups is 2. The van der Waals surface area contributed by atoms with Crippen molar-refractivity contribution in [2.24, 2.45) is 0 Å². The number of hydrogen-bond acceptors (Lipinski definition) is 5. The van der Waals surface area contributed by atoms with E-state index >= 15 is 0 Å². The van der Waals surface area contributed by atoms with Crippen LogP contribution < -0.4 is 0 Å². The summed E-state index contributed by atoms with van der Waals surface area (Å²) in [7, 11) is 0. The number of rotatable bonds is 7. The molecule has 29 heavy (non-hydrogen) atoms. The number of carbonyl (C=O) groups excluding carboxylic acids is 2. The smallest absolute Gasteiger partial charge is 0.291 e. The van der Waals surface area contributed by atoms with Crippen LogP contribution in [-0.4, -0.2) is 31.2 Å². The van der Waals surface area contributed by atoms with Crippen LogP contribution >= 0.6 is 36.0 Å². The monoisotopic (exact) mass is 463 g/mol. The predicted molar refractivity (Wildman–Crippen MR) is 109 cm³/mol. The summed E-state index contributed by atoms with van der Waals surface area (Å²) in [5.41, 5.74) is -2.05. The minimum Gasteiger partial charge on any atom is -0.294 e. The third-order valence-corrected chi connectivity index (χ3v) is 4.91. The molecule has 0 radical (unpaired) electrons. The molecule has 0 spiro atoms. The van der Waals surface area contributed by atoms with Crippen molar-refractivity contribution in [3.05, 3.63) is 75.6 Å². The van der Waals surface area contributed by atoms with Crippen molar-refractivity contribution in [2.75, 3.05) is 0 Å². The number of ketones is 1. The van der Waals surface area contributed by atoms with Crippen molar-refractivity contribution >= 4 is 53.3 Å². The molecule has 0 aliphatic heterocycles. The summed E-state index contributed by atoms with van der Waals surface area (Å²) >= 11 is 12.2. The Bertz CT molecular complexity index is 927. The molecule has 156 valence electrons. The maximum Gasteiger partial charge on any atom is 0.291 e. The lowest BCUT2D eigenvalue weighted by molar-refractivity contribution is -0.385. The van der Waals surface area contributed by atoms with Crippen LogP contribution in [-0.2, 0) is 0 Å². The molecule has 2 rings (SSSR count). The maximum absolute atomic E-state index is 13.8. The lowest BCUT2D eigenvalue weighted by atomic mass is 9.94. The minimum absolute atomic E-state index is 0. The van der Waals surface area contributed by atoms with Gasteiger partial charge in [-0.2, -0.15) is 4.53 Å². The standard InChI is InChI=1S/C18H16Cl2FN3O4.ClH/c1-18(2,11-16(25)12-7-3-5-9-14(12)21)24(20)22(19)17(26)13-8-4-6-10-15(13)23(27)28;/h3-10H,11H2,1-2H3;1H. The molecule has 1 amide bonds. The predicted octanol–water partition coefficient (Wildman–Crippen LogP) is 5.17. The molecule has 2 aromatic rings. The quantitative estimate of drug-likeness (QED) is 0.244. The average molecular weight is 465 g/mol. The Kier molecular flexibility index (Phi) is 8.52. The lowest BCUT2D eigenvalue weighted by Gasteiger charge is -2.35. The zero-order chi connectivity index (χ0) is 21.1. The molecule has 0 saturated heterocycles. The summed E-state index contributed by atoms with van der Waals surface area (Å²) in [6, 6.07) is 10.7. The summed E-state index contributed by atoms with van der Waals surface area (Å²) in [6.07, 6.45) is -0.273. The summed E-state index contributed by atoms with van der Waals surface area (Å²) < 4.78 is 15.0. The molecule has 0 aromatic heterocycles. The molecular weight excluding hydrogens is 448 g/mol. The van der Waals surface area contributed by atoms with Crippen LogP contribution in [0.5, 0.6) is 0 Å². The first-order valence-corrected chi connectivity index (χ1v) is 8.71. The van der Waals surface area contributed by atoms with Gasteiger partial charge in [0.2, 0.25) is 0 Å². The first kappa shape index (κ1) is 24.8. The largest absolute Gasteiger partial charge is 0.294 e. The van der Waals surface area contributed by atoms with E-state index in [-0.39, 0.29) is 30.0 Å². The van der Waals surface area contributed by atoms with E-state index in [9.17, 15) is 24.1 Å². The Morgan fingerprint density at radius 2 is 1.59 bits per heavy atom. The van der Waals surface area contributed by atoms with Gasteiger partial charge in [0.15, 0.2) is 5.78 Å². The van der Waals surface area contributed by atoms with E-state index in [1.165, 1.54) is 50.2 Å². The molecule has 0 aliphatic rings. The number of nitro groups is 1. The summed E-state index contributed by atoms with van der Waals surface area (Å²) in [5, 5.41) is 11.1. The average Bonchev–Trinajstić information content (AvgIpc) is 2.66. The number of hydrazine groups is 1. The van der Waals surface area contributed by atoms with Gasteiger partial charge in [0, 0.05) is 36.0 Å². The second-order valence-corrected chi connectivity index (χ2v) is 7.13. The topological polar surface area (TPSA) is 83.8 Å². The van der Waals surface area contributed by atoms with Crippen LogP contribution in [0.2, 0.25) is 0 Å². The van der Waals surface area contributed by atoms with Crippen LogP contribution in [0.4, 0.5) is 10.1 Å². The van der Waals surface area contributed by atoms with Gasteiger partial charge in [-0.1, -0.05) is 24.3 Å². The Balaban J connectivity index is 0.00000420. The highest BCUT2D eigenvalue weighted by molar-refractivity contribution is 6.27. The second-order valence-electron chi connectivity index (χ2n) is 6.49. The van der Waals surface area contributed by atoms with Crippen LogP contribution in [0.15, 0.2) is 48.5 Å². The van der Waals surface area contributed by atoms with Crippen LogP contribution in [0.1, 0.15) is 41.0 Å². The number of benzene rings is 2. The Labute approximate surface area is 182 Å². The van der Waals surface area contributed by atoms with E-state index < -0.39 is 33.7 Å². The van der Waals surface area contributed by atoms with Crippen molar-refractivity contribution in [1.29, 1.82) is 0 Å². The highest BCUT2D eigenvalue weighted by atomic mass is 35.5. The van der Waals surface area contributed by atoms with Crippen LogP contribution in [0.25, 0.3) is 0 Å². The first-order chi connectivity index (χ1) is 13.1. The van der Waals surface area contributed by atoms with E-state index in [0.717, 1.165) is 16.7 Å². The summed E-state index contributed by atoms with van der Waals surface area (Å²) in [6.45, 7) is 3.03. The number of halogens is 4. The van der Waals surface area contributed by atoms with Crippen LogP contribution in [0, 0.1) is 15.9 Å². The SMILES string of the molecule is CC(C)(CC(=O)c1ccccc1F)N(Cl)N(Cl)C(=O)c1ccccc1[N+](=O)[O-].Cl. The fourth-order valence-corrected chi connectivity index (χ4v) is 2.90. The molecule has 0 aliphatic carbocycles. The fraction of sp³-hybridized carbons (Fsp3) is 0.222. The molecule has 7 nitrogen and oxygen atoms in total. The normalized spacial score (nSPS) is 11.0. The number of para-hydroxylation sites is 1. The zero-order valence-electron chi connectivity index (χ0n) is 15.3. The van der Waals surface area contributed by atoms with Crippen molar-refractivity contribution < 1.29 is 18.9 Å². The third kappa shape index (κ3) is 5.63. The van der Waals surface area contributed by atoms with Gasteiger partial charge in [-0.05, 0) is 32.0 Å². The first-order valence-electron chi connectivity index (χ1n) is 8.03. The fourth-order valence-electron chi connectivity index (χ4n) is 2.47. The Morgan fingerprint density at radius 3 is 2.14 bits per heavy atom. The second kappa shape index (κ2) is 9.98. The molecular formula is C18H17Cl3FN3O4. The maximum atomic E-state index is 13.8. The van der Waals surface area contributed by atoms with E-state index in [0.29, 0.717) is 4.53 Å². The van der Waals surface area contributed by atoms with Crippen molar-refractivity contribution in [3.63, 3.8) is 0 Å². The number of amides is 1. The molecule has 0 fully saturated rings. The van der Waals surface area contributed by atoms with Crippen molar-refractivity contribution in [2.45, 2.75) is 25.8 Å². The molecule has 11 heteroatoms. The van der Waals surface area contributed by atoms with Gasteiger partial charge in [-0.15, -0.1) is 16.9 Å². The van der Waals surface area contributed by atoms with Gasteiger partial charge in [-0.25, -0.2) is 4.39 Å². The highest BCUT2D eigenvalue weighted by Crippen LogP contribution is 2.30. The number of nitrogens with zero attached hydrogens (tertiary/aromatic N) is 3. The number of hydrogen-bond donors (Lipinski definition) is 0. The molecule has 2 aromatic carbocycles. The minimum atomic E-state index is -1.22. The van der Waals surface area contributed by atoms with Crippen molar-refractivity contribution in [3.8, 4) is 0 Å². The van der Waals surface area contributed by atoms with Gasteiger partial charge in [-0.3, -0.25) is 19.7 Å². The number of Topliss-reactive ketones (excluding diaryl/α,β-unsaturated/α-hetero) is 1. The van der Waals surface area contributed by atoms with E-state index in [2.05, 4.69) is 0 Å². The van der Waals surface area contributed by atoms with Gasteiger partial charge in [0.1, 0.15) is 11.4 Å².